The SMILES string of the molecule is CCC(C)(C)/C=C1\CCSC1. The minimum Gasteiger partial charge on any atom is -0.157 e. The van der Waals surface area contributed by atoms with Crippen LogP contribution in [0.5, 0.6) is 0 Å². The summed E-state index contributed by atoms with van der Waals surface area (Å²) >= 11 is 2.07. The van der Waals surface area contributed by atoms with Gasteiger partial charge >= 0.3 is 0 Å². The second-order valence-electron chi connectivity index (χ2n) is 3.95. The van der Waals surface area contributed by atoms with Crippen LogP contribution < -0.4 is 0 Å². The van der Waals surface area contributed by atoms with E-state index < -0.39 is 0 Å². The van der Waals surface area contributed by atoms with E-state index >= 15 is 0 Å². The minimum absolute atomic E-state index is 0.431. The van der Waals surface area contributed by atoms with Crippen LogP contribution in [0.4, 0.5) is 0 Å². The van der Waals surface area contributed by atoms with E-state index in [1.165, 1.54) is 24.3 Å². The third-order valence-electron chi connectivity index (χ3n) is 2.36. The van der Waals surface area contributed by atoms with E-state index in [1.54, 1.807) is 5.57 Å². The summed E-state index contributed by atoms with van der Waals surface area (Å²) in [7, 11) is 0. The molecular formula is C10H18S. The summed E-state index contributed by atoms with van der Waals surface area (Å²) in [4.78, 5) is 0. The first-order valence-corrected chi connectivity index (χ1v) is 5.58. The maximum absolute atomic E-state index is 2.48. The summed E-state index contributed by atoms with van der Waals surface area (Å²) in [6, 6.07) is 0. The molecule has 1 heteroatoms. The smallest absolute Gasteiger partial charge is 0.0143 e. The number of thioether (sulfide) groups is 1. The van der Waals surface area contributed by atoms with Crippen LogP contribution in [0.2, 0.25) is 0 Å². The maximum Gasteiger partial charge on any atom is 0.0143 e. The first-order valence-electron chi connectivity index (χ1n) is 4.42. The average Bonchev–Trinajstić information content (AvgIpc) is 2.39. The van der Waals surface area contributed by atoms with Crippen molar-refractivity contribution in [2.24, 2.45) is 5.41 Å². The Bertz CT molecular complexity index is 148. The number of allylic oxidation sites excluding steroid dienone is 1. The highest BCUT2D eigenvalue weighted by molar-refractivity contribution is 7.99. The molecule has 0 amide bonds. The Balaban J connectivity index is 2.55. The molecule has 0 radical (unpaired) electrons. The van der Waals surface area contributed by atoms with Crippen molar-refractivity contribution < 1.29 is 0 Å². The predicted octanol–water partition coefficient (Wildman–Crippen LogP) is 3.49. The van der Waals surface area contributed by atoms with Gasteiger partial charge in [0.15, 0.2) is 0 Å². The van der Waals surface area contributed by atoms with Crippen LogP contribution in [0.25, 0.3) is 0 Å². The van der Waals surface area contributed by atoms with Crippen molar-refractivity contribution in [2.75, 3.05) is 11.5 Å². The van der Waals surface area contributed by atoms with Gasteiger partial charge in [-0.1, -0.05) is 32.4 Å². The lowest BCUT2D eigenvalue weighted by Crippen LogP contribution is -2.06. The highest BCUT2D eigenvalue weighted by atomic mass is 32.2. The van der Waals surface area contributed by atoms with Crippen LogP contribution in [-0.4, -0.2) is 11.5 Å². The van der Waals surface area contributed by atoms with E-state index in [9.17, 15) is 0 Å². The Morgan fingerprint density at radius 1 is 1.55 bits per heavy atom. The zero-order valence-electron chi connectivity index (χ0n) is 7.81. The van der Waals surface area contributed by atoms with E-state index in [-0.39, 0.29) is 0 Å². The first kappa shape index (κ1) is 9.18. The van der Waals surface area contributed by atoms with Gasteiger partial charge < -0.3 is 0 Å². The molecule has 0 aromatic rings. The summed E-state index contributed by atoms with van der Waals surface area (Å²) in [6.45, 7) is 6.91. The van der Waals surface area contributed by atoms with Gasteiger partial charge in [-0.05, 0) is 24.0 Å². The van der Waals surface area contributed by atoms with E-state index in [2.05, 4.69) is 38.6 Å². The normalized spacial score (nSPS) is 23.0. The lowest BCUT2D eigenvalue weighted by Gasteiger charge is -2.18. The highest BCUT2D eigenvalue weighted by Crippen LogP contribution is 2.29. The summed E-state index contributed by atoms with van der Waals surface area (Å²) in [5, 5.41) is 0. The third-order valence-corrected chi connectivity index (χ3v) is 3.43. The third kappa shape index (κ3) is 2.90. The molecule has 0 aliphatic carbocycles. The molecule has 1 heterocycles. The van der Waals surface area contributed by atoms with Crippen molar-refractivity contribution in [3.63, 3.8) is 0 Å². The van der Waals surface area contributed by atoms with Gasteiger partial charge in [-0.25, -0.2) is 0 Å². The Morgan fingerprint density at radius 3 is 2.73 bits per heavy atom. The van der Waals surface area contributed by atoms with Crippen molar-refractivity contribution in [2.45, 2.75) is 33.6 Å². The number of hydrogen-bond donors (Lipinski definition) is 0. The van der Waals surface area contributed by atoms with Crippen molar-refractivity contribution >= 4 is 11.8 Å². The van der Waals surface area contributed by atoms with Crippen molar-refractivity contribution in [1.29, 1.82) is 0 Å². The molecule has 1 saturated heterocycles. The maximum atomic E-state index is 2.48. The van der Waals surface area contributed by atoms with Crippen LogP contribution in [0.15, 0.2) is 11.6 Å². The molecule has 0 aromatic heterocycles. The summed E-state index contributed by atoms with van der Waals surface area (Å²) in [5.41, 5.74) is 2.10. The topological polar surface area (TPSA) is 0 Å². The predicted molar refractivity (Wildman–Crippen MR) is 54.1 cm³/mol. The quantitative estimate of drug-likeness (QED) is 0.572. The van der Waals surface area contributed by atoms with Gasteiger partial charge in [0.1, 0.15) is 0 Å². The van der Waals surface area contributed by atoms with Gasteiger partial charge in [-0.2, -0.15) is 11.8 Å². The van der Waals surface area contributed by atoms with Crippen LogP contribution in [0.1, 0.15) is 33.6 Å². The van der Waals surface area contributed by atoms with Crippen LogP contribution in [-0.2, 0) is 0 Å². The molecule has 1 aliphatic heterocycles. The van der Waals surface area contributed by atoms with E-state index in [0.29, 0.717) is 5.41 Å². The molecule has 1 aliphatic rings. The molecule has 11 heavy (non-hydrogen) atoms. The molecule has 0 N–H and O–H groups in total. The van der Waals surface area contributed by atoms with Crippen molar-refractivity contribution in [1.82, 2.24) is 0 Å². The lowest BCUT2D eigenvalue weighted by molar-refractivity contribution is 0.458. The monoisotopic (exact) mass is 170 g/mol. The highest BCUT2D eigenvalue weighted by Gasteiger charge is 2.15. The molecule has 0 nitrogen and oxygen atoms in total. The zero-order valence-corrected chi connectivity index (χ0v) is 8.63. The second-order valence-corrected chi connectivity index (χ2v) is 5.05. The summed E-state index contributed by atoms with van der Waals surface area (Å²) in [5.74, 6) is 2.62. The van der Waals surface area contributed by atoms with E-state index in [0.717, 1.165) is 0 Å². The number of rotatable bonds is 2. The molecule has 0 aromatic carbocycles. The van der Waals surface area contributed by atoms with Crippen molar-refractivity contribution in [3.05, 3.63) is 11.6 Å². The van der Waals surface area contributed by atoms with E-state index in [1.807, 2.05) is 0 Å². The molecule has 0 spiro atoms. The first-order chi connectivity index (χ1) is 5.14. The molecule has 1 rings (SSSR count). The number of hydrogen-bond acceptors (Lipinski definition) is 1. The Labute approximate surface area is 74.5 Å². The van der Waals surface area contributed by atoms with Gasteiger partial charge in [0.25, 0.3) is 0 Å². The van der Waals surface area contributed by atoms with Gasteiger partial charge in [-0.15, -0.1) is 0 Å². The Hall–Kier alpha value is 0.0900. The fourth-order valence-electron chi connectivity index (χ4n) is 1.25. The fraction of sp³-hybridized carbons (Fsp3) is 0.800. The van der Waals surface area contributed by atoms with Crippen LogP contribution in [0, 0.1) is 5.41 Å². The largest absolute Gasteiger partial charge is 0.157 e. The Morgan fingerprint density at radius 2 is 2.27 bits per heavy atom. The van der Waals surface area contributed by atoms with Crippen LogP contribution >= 0.6 is 11.8 Å². The minimum atomic E-state index is 0.431. The molecule has 0 bridgehead atoms. The standard InChI is InChI=1S/C10H18S/c1-4-10(2,3)7-9-5-6-11-8-9/h7H,4-6,8H2,1-3H3/b9-7+. The average molecular weight is 170 g/mol. The lowest BCUT2D eigenvalue weighted by atomic mass is 9.88. The Kier molecular flexibility index (Phi) is 3.06. The van der Waals surface area contributed by atoms with Crippen molar-refractivity contribution in [3.8, 4) is 0 Å². The molecule has 0 unspecified atom stereocenters. The van der Waals surface area contributed by atoms with Gasteiger partial charge in [0.2, 0.25) is 0 Å². The van der Waals surface area contributed by atoms with Gasteiger partial charge in [0.05, 0.1) is 0 Å². The summed E-state index contributed by atoms with van der Waals surface area (Å²) in [6.07, 6.45) is 5.06. The van der Waals surface area contributed by atoms with Gasteiger partial charge in [0, 0.05) is 5.75 Å². The van der Waals surface area contributed by atoms with E-state index in [4.69, 9.17) is 0 Å². The molecule has 0 atom stereocenters. The van der Waals surface area contributed by atoms with Gasteiger partial charge in [-0.3, -0.25) is 0 Å². The fourth-order valence-corrected chi connectivity index (χ4v) is 2.29. The molecule has 1 fully saturated rings. The molecule has 64 valence electrons. The zero-order chi connectivity index (χ0) is 8.32. The molecule has 0 saturated carbocycles. The molecular weight excluding hydrogens is 152 g/mol. The second kappa shape index (κ2) is 3.66. The summed E-state index contributed by atoms with van der Waals surface area (Å²) < 4.78 is 0. The van der Waals surface area contributed by atoms with Crippen LogP contribution in [0.3, 0.4) is 0 Å².